The molecule has 1 aliphatic heterocycles. The van der Waals surface area contributed by atoms with E-state index in [0.717, 1.165) is 40.3 Å². The van der Waals surface area contributed by atoms with Crippen LogP contribution in [0.1, 0.15) is 52.1 Å². The van der Waals surface area contributed by atoms with E-state index in [0.29, 0.717) is 18.7 Å². The number of aryl methyl sites for hydroxylation is 1. The molecule has 1 aliphatic rings. The van der Waals surface area contributed by atoms with Gasteiger partial charge >= 0.3 is 0 Å². The van der Waals surface area contributed by atoms with E-state index >= 15 is 0 Å². The smallest absolute Gasteiger partial charge is 0.257 e. The number of hydrogen-bond donors (Lipinski definition) is 1. The Morgan fingerprint density at radius 3 is 2.59 bits per heavy atom. The largest absolute Gasteiger partial charge is 0.496 e. The SMILES string of the molecule is CCCN1C(=O)c2ccccc2N[C@@H]1c1ccc(OC)c(COc2cccc(C)c2C)c1. The molecular weight excluding hydrogens is 400 g/mol. The fourth-order valence-electron chi connectivity index (χ4n) is 4.14. The third-order valence-electron chi connectivity index (χ3n) is 6.05. The van der Waals surface area contributed by atoms with Gasteiger partial charge in [0.1, 0.15) is 24.3 Å². The summed E-state index contributed by atoms with van der Waals surface area (Å²) in [4.78, 5) is 15.1. The molecule has 1 amide bonds. The lowest BCUT2D eigenvalue weighted by atomic mass is 10.0. The predicted molar refractivity (Wildman–Crippen MR) is 127 cm³/mol. The molecule has 0 radical (unpaired) electrons. The monoisotopic (exact) mass is 430 g/mol. The van der Waals surface area contributed by atoms with Gasteiger partial charge in [0.15, 0.2) is 0 Å². The number of nitrogens with zero attached hydrogens (tertiary/aromatic N) is 1. The van der Waals surface area contributed by atoms with E-state index in [4.69, 9.17) is 9.47 Å². The van der Waals surface area contributed by atoms with Crippen LogP contribution in [-0.4, -0.2) is 24.5 Å². The van der Waals surface area contributed by atoms with Crippen molar-refractivity contribution in [1.29, 1.82) is 0 Å². The summed E-state index contributed by atoms with van der Waals surface area (Å²) < 4.78 is 11.8. The molecule has 0 unspecified atom stereocenters. The van der Waals surface area contributed by atoms with Crippen LogP contribution in [0.3, 0.4) is 0 Å². The topological polar surface area (TPSA) is 50.8 Å². The number of amides is 1. The van der Waals surface area contributed by atoms with E-state index in [1.165, 1.54) is 5.56 Å². The minimum atomic E-state index is -0.247. The van der Waals surface area contributed by atoms with Crippen LogP contribution in [0.2, 0.25) is 0 Å². The molecule has 1 N–H and O–H groups in total. The zero-order chi connectivity index (χ0) is 22.7. The van der Waals surface area contributed by atoms with Gasteiger partial charge in [-0.3, -0.25) is 4.79 Å². The second-order valence-corrected chi connectivity index (χ2v) is 8.15. The lowest BCUT2D eigenvalue weighted by Gasteiger charge is -2.38. The van der Waals surface area contributed by atoms with Crippen molar-refractivity contribution in [1.82, 2.24) is 4.90 Å². The first-order valence-electron chi connectivity index (χ1n) is 11.1. The van der Waals surface area contributed by atoms with Gasteiger partial charge in [-0.2, -0.15) is 0 Å². The van der Waals surface area contributed by atoms with Gasteiger partial charge in [0, 0.05) is 17.8 Å². The number of hydrogen-bond acceptors (Lipinski definition) is 4. The molecular formula is C27H30N2O3. The number of ether oxygens (including phenoxy) is 2. The summed E-state index contributed by atoms with van der Waals surface area (Å²) in [6.45, 7) is 7.28. The van der Waals surface area contributed by atoms with Crippen molar-refractivity contribution >= 4 is 11.6 Å². The number of methoxy groups -OCH3 is 1. The fourth-order valence-corrected chi connectivity index (χ4v) is 4.14. The number of anilines is 1. The Kier molecular flexibility index (Phi) is 6.35. The van der Waals surface area contributed by atoms with Gasteiger partial charge in [-0.05, 0) is 67.3 Å². The van der Waals surface area contributed by atoms with Gasteiger partial charge in [0.2, 0.25) is 0 Å². The minimum absolute atomic E-state index is 0.0511. The van der Waals surface area contributed by atoms with E-state index < -0.39 is 0 Å². The van der Waals surface area contributed by atoms with Crippen LogP contribution in [0.4, 0.5) is 5.69 Å². The highest BCUT2D eigenvalue weighted by molar-refractivity contribution is 6.01. The van der Waals surface area contributed by atoms with E-state index in [9.17, 15) is 4.79 Å². The first-order valence-corrected chi connectivity index (χ1v) is 11.1. The molecule has 5 heteroatoms. The highest BCUT2D eigenvalue weighted by Gasteiger charge is 2.32. The fraction of sp³-hybridized carbons (Fsp3) is 0.296. The average Bonchev–Trinajstić information content (AvgIpc) is 2.81. The number of carbonyl (C=O) groups is 1. The Morgan fingerprint density at radius 1 is 1.00 bits per heavy atom. The first-order chi connectivity index (χ1) is 15.5. The van der Waals surface area contributed by atoms with Gasteiger partial charge in [0.25, 0.3) is 5.91 Å². The molecule has 1 heterocycles. The molecule has 166 valence electrons. The lowest BCUT2D eigenvalue weighted by molar-refractivity contribution is 0.0683. The maximum Gasteiger partial charge on any atom is 0.257 e. The van der Waals surface area contributed by atoms with E-state index in [1.54, 1.807) is 7.11 Å². The van der Waals surface area contributed by atoms with Crippen LogP contribution in [0.5, 0.6) is 11.5 Å². The van der Waals surface area contributed by atoms with E-state index in [2.05, 4.69) is 38.2 Å². The third kappa shape index (κ3) is 4.15. The molecule has 5 nitrogen and oxygen atoms in total. The minimum Gasteiger partial charge on any atom is -0.496 e. The number of carbonyl (C=O) groups excluding carboxylic acids is 1. The molecule has 0 bridgehead atoms. The Labute approximate surface area is 190 Å². The maximum atomic E-state index is 13.2. The summed E-state index contributed by atoms with van der Waals surface area (Å²) in [6.07, 6.45) is 0.632. The molecule has 0 aliphatic carbocycles. The van der Waals surface area contributed by atoms with Crippen molar-refractivity contribution in [3.05, 3.63) is 88.5 Å². The zero-order valence-corrected chi connectivity index (χ0v) is 19.1. The maximum absolute atomic E-state index is 13.2. The van der Waals surface area contributed by atoms with Crippen LogP contribution in [-0.2, 0) is 6.61 Å². The number of benzene rings is 3. The molecule has 0 fully saturated rings. The molecule has 1 atom stereocenters. The Morgan fingerprint density at radius 2 is 1.81 bits per heavy atom. The van der Waals surface area contributed by atoms with Crippen LogP contribution in [0, 0.1) is 13.8 Å². The van der Waals surface area contributed by atoms with Gasteiger partial charge in [0.05, 0.1) is 12.7 Å². The molecule has 32 heavy (non-hydrogen) atoms. The van der Waals surface area contributed by atoms with Crippen LogP contribution in [0.25, 0.3) is 0 Å². The molecule has 0 spiro atoms. The Hall–Kier alpha value is -3.47. The number of para-hydroxylation sites is 1. The normalized spacial score (nSPS) is 15.2. The Balaban J connectivity index is 1.66. The molecule has 4 rings (SSSR count). The number of fused-ring (bicyclic) bond motifs is 1. The predicted octanol–water partition coefficient (Wildman–Crippen LogP) is 5.87. The summed E-state index contributed by atoms with van der Waals surface area (Å²) in [6, 6.07) is 19.8. The molecule has 3 aromatic carbocycles. The van der Waals surface area contributed by atoms with Crippen molar-refractivity contribution in [3.8, 4) is 11.5 Å². The summed E-state index contributed by atoms with van der Waals surface area (Å²) >= 11 is 0. The standard InChI is InChI=1S/C27H30N2O3/c1-5-15-29-26(28-23-11-7-6-10-22(23)27(29)30)20-13-14-25(31-4)21(16-20)17-32-24-12-8-9-18(2)19(24)3/h6-14,16,26,28H,5,15,17H2,1-4H3/t26-/m0/s1. The second kappa shape index (κ2) is 9.35. The van der Waals surface area contributed by atoms with E-state index in [-0.39, 0.29) is 12.1 Å². The summed E-state index contributed by atoms with van der Waals surface area (Å²) in [5.41, 5.74) is 5.84. The Bertz CT molecular complexity index is 1130. The van der Waals surface area contributed by atoms with Gasteiger partial charge in [-0.1, -0.05) is 37.3 Å². The molecule has 0 aromatic heterocycles. The molecule has 0 saturated carbocycles. The first kappa shape index (κ1) is 21.8. The van der Waals surface area contributed by atoms with Gasteiger partial charge in [-0.15, -0.1) is 0 Å². The van der Waals surface area contributed by atoms with Gasteiger partial charge in [-0.25, -0.2) is 0 Å². The summed E-state index contributed by atoms with van der Waals surface area (Å²) in [5, 5.41) is 3.56. The van der Waals surface area contributed by atoms with Crippen molar-refractivity contribution in [2.45, 2.75) is 40.0 Å². The second-order valence-electron chi connectivity index (χ2n) is 8.15. The van der Waals surface area contributed by atoms with Crippen molar-refractivity contribution in [3.63, 3.8) is 0 Å². The molecule has 3 aromatic rings. The average molecular weight is 431 g/mol. The summed E-state index contributed by atoms with van der Waals surface area (Å²) in [7, 11) is 1.67. The lowest BCUT2D eigenvalue weighted by Crippen LogP contribution is -2.43. The van der Waals surface area contributed by atoms with Crippen molar-refractivity contribution in [2.75, 3.05) is 19.0 Å². The zero-order valence-electron chi connectivity index (χ0n) is 19.1. The van der Waals surface area contributed by atoms with Crippen LogP contribution >= 0.6 is 0 Å². The van der Waals surface area contributed by atoms with Crippen molar-refractivity contribution < 1.29 is 14.3 Å². The number of rotatable bonds is 7. The number of nitrogens with one attached hydrogen (secondary N) is 1. The van der Waals surface area contributed by atoms with Crippen LogP contribution in [0.15, 0.2) is 60.7 Å². The van der Waals surface area contributed by atoms with E-state index in [1.807, 2.05) is 53.4 Å². The highest BCUT2D eigenvalue weighted by atomic mass is 16.5. The van der Waals surface area contributed by atoms with Crippen molar-refractivity contribution in [2.24, 2.45) is 0 Å². The van der Waals surface area contributed by atoms with Gasteiger partial charge < -0.3 is 19.7 Å². The summed E-state index contributed by atoms with van der Waals surface area (Å²) in [5.74, 6) is 1.68. The van der Waals surface area contributed by atoms with Crippen LogP contribution < -0.4 is 14.8 Å². The third-order valence-corrected chi connectivity index (χ3v) is 6.05. The quantitative estimate of drug-likeness (QED) is 0.509. The highest BCUT2D eigenvalue weighted by Crippen LogP contribution is 2.35. The molecule has 0 saturated heterocycles.